The van der Waals surface area contributed by atoms with Gasteiger partial charge in [-0.1, -0.05) is 6.42 Å². The zero-order chi connectivity index (χ0) is 10.3. The minimum atomic E-state index is 0. The van der Waals surface area contributed by atoms with Crippen molar-refractivity contribution in [1.29, 1.82) is 0 Å². The van der Waals surface area contributed by atoms with Crippen molar-refractivity contribution in [3.05, 3.63) is 24.3 Å². The van der Waals surface area contributed by atoms with Crippen LogP contribution in [0, 0.1) is 0 Å². The van der Waals surface area contributed by atoms with Gasteiger partial charge in [0, 0.05) is 18.4 Å². The molecule has 5 heteroatoms. The SMILES string of the molecule is Cl.c1cnc(COCC2CCCCN2)cn1. The van der Waals surface area contributed by atoms with Gasteiger partial charge in [0.2, 0.25) is 0 Å². The number of hydrogen-bond acceptors (Lipinski definition) is 4. The molecule has 0 aromatic carbocycles. The number of nitrogens with zero attached hydrogens (tertiary/aromatic N) is 2. The number of halogens is 1. The summed E-state index contributed by atoms with van der Waals surface area (Å²) in [6.45, 7) is 2.46. The van der Waals surface area contributed by atoms with E-state index in [9.17, 15) is 0 Å². The third-order valence-electron chi connectivity index (χ3n) is 2.60. The number of aromatic nitrogens is 2. The van der Waals surface area contributed by atoms with Crippen LogP contribution in [0.3, 0.4) is 0 Å². The lowest BCUT2D eigenvalue weighted by atomic mass is 10.1. The molecule has 1 unspecified atom stereocenters. The summed E-state index contributed by atoms with van der Waals surface area (Å²) in [5.41, 5.74) is 0.897. The van der Waals surface area contributed by atoms with Crippen molar-refractivity contribution in [3.8, 4) is 0 Å². The van der Waals surface area contributed by atoms with Gasteiger partial charge in [0.1, 0.15) is 0 Å². The summed E-state index contributed by atoms with van der Waals surface area (Å²) < 4.78 is 5.59. The van der Waals surface area contributed by atoms with Gasteiger partial charge in [-0.3, -0.25) is 9.97 Å². The molecule has 0 aliphatic carbocycles. The Labute approximate surface area is 102 Å². The van der Waals surface area contributed by atoms with Gasteiger partial charge in [0.15, 0.2) is 0 Å². The maximum Gasteiger partial charge on any atom is 0.0904 e. The first-order valence-corrected chi connectivity index (χ1v) is 5.51. The molecule has 4 nitrogen and oxygen atoms in total. The molecule has 0 bridgehead atoms. The first-order valence-electron chi connectivity index (χ1n) is 5.51. The topological polar surface area (TPSA) is 47.0 Å². The Bertz CT molecular complexity index is 278. The number of rotatable bonds is 4. The van der Waals surface area contributed by atoms with E-state index in [1.54, 1.807) is 18.6 Å². The molecule has 1 N–H and O–H groups in total. The molecule has 2 rings (SSSR count). The Balaban J connectivity index is 0.00000128. The van der Waals surface area contributed by atoms with Crippen LogP contribution in [0.5, 0.6) is 0 Å². The van der Waals surface area contributed by atoms with E-state index in [1.165, 1.54) is 19.3 Å². The monoisotopic (exact) mass is 243 g/mol. The van der Waals surface area contributed by atoms with Gasteiger partial charge in [-0.25, -0.2) is 0 Å². The molecule has 1 aromatic heterocycles. The van der Waals surface area contributed by atoms with Crippen molar-refractivity contribution in [1.82, 2.24) is 15.3 Å². The smallest absolute Gasteiger partial charge is 0.0904 e. The van der Waals surface area contributed by atoms with Crippen LogP contribution < -0.4 is 5.32 Å². The van der Waals surface area contributed by atoms with E-state index in [1.807, 2.05) is 0 Å². The van der Waals surface area contributed by atoms with Crippen molar-refractivity contribution >= 4 is 12.4 Å². The lowest BCUT2D eigenvalue weighted by molar-refractivity contribution is 0.0888. The number of nitrogens with one attached hydrogen (secondary N) is 1. The predicted octanol–water partition coefficient (Wildman–Crippen LogP) is 1.56. The van der Waals surface area contributed by atoms with Crippen molar-refractivity contribution in [2.45, 2.75) is 31.9 Å². The molecule has 2 heterocycles. The highest BCUT2D eigenvalue weighted by Gasteiger charge is 2.12. The van der Waals surface area contributed by atoms with Crippen LogP contribution in [0.1, 0.15) is 25.0 Å². The normalized spacial score (nSPS) is 20.1. The molecule has 1 aliphatic rings. The van der Waals surface area contributed by atoms with Gasteiger partial charge in [-0.05, 0) is 19.4 Å². The summed E-state index contributed by atoms with van der Waals surface area (Å²) in [4.78, 5) is 8.15. The molecule has 1 aliphatic heterocycles. The van der Waals surface area contributed by atoms with Gasteiger partial charge in [-0.15, -0.1) is 12.4 Å². The maximum atomic E-state index is 5.59. The molecule has 0 amide bonds. The Morgan fingerprint density at radius 3 is 3.00 bits per heavy atom. The third kappa shape index (κ3) is 4.43. The van der Waals surface area contributed by atoms with E-state index < -0.39 is 0 Å². The largest absolute Gasteiger partial charge is 0.373 e. The quantitative estimate of drug-likeness (QED) is 0.872. The summed E-state index contributed by atoms with van der Waals surface area (Å²) in [6, 6.07) is 0.524. The van der Waals surface area contributed by atoms with Gasteiger partial charge >= 0.3 is 0 Å². The minimum Gasteiger partial charge on any atom is -0.373 e. The summed E-state index contributed by atoms with van der Waals surface area (Å²) in [6.07, 6.45) is 8.94. The molecule has 1 saturated heterocycles. The molecular formula is C11H18ClN3O. The summed E-state index contributed by atoms with van der Waals surface area (Å²) in [5.74, 6) is 0. The van der Waals surface area contributed by atoms with E-state index in [0.717, 1.165) is 18.8 Å². The average molecular weight is 244 g/mol. The molecule has 0 saturated carbocycles. The number of ether oxygens (including phenoxy) is 1. The zero-order valence-corrected chi connectivity index (χ0v) is 10.1. The van der Waals surface area contributed by atoms with Crippen LogP contribution in [-0.2, 0) is 11.3 Å². The van der Waals surface area contributed by atoms with Gasteiger partial charge < -0.3 is 10.1 Å². The fourth-order valence-electron chi connectivity index (χ4n) is 1.78. The summed E-state index contributed by atoms with van der Waals surface area (Å²) in [5, 5.41) is 3.44. The van der Waals surface area contributed by atoms with Gasteiger partial charge in [-0.2, -0.15) is 0 Å². The second kappa shape index (κ2) is 7.54. The second-order valence-corrected chi connectivity index (χ2v) is 3.86. The van der Waals surface area contributed by atoms with E-state index in [0.29, 0.717) is 12.6 Å². The molecule has 1 fully saturated rings. The van der Waals surface area contributed by atoms with Gasteiger partial charge in [0.25, 0.3) is 0 Å². The van der Waals surface area contributed by atoms with E-state index in [4.69, 9.17) is 4.74 Å². The first-order chi connectivity index (χ1) is 7.45. The van der Waals surface area contributed by atoms with Crippen molar-refractivity contribution in [2.24, 2.45) is 0 Å². The zero-order valence-electron chi connectivity index (χ0n) is 9.26. The minimum absolute atomic E-state index is 0. The van der Waals surface area contributed by atoms with E-state index >= 15 is 0 Å². The maximum absolute atomic E-state index is 5.59. The van der Waals surface area contributed by atoms with Crippen LogP contribution in [0.25, 0.3) is 0 Å². The predicted molar refractivity (Wildman–Crippen MR) is 64.6 cm³/mol. The molecule has 1 aromatic rings. The Morgan fingerprint density at radius 1 is 1.38 bits per heavy atom. The van der Waals surface area contributed by atoms with Crippen LogP contribution in [0.4, 0.5) is 0 Å². The fourth-order valence-corrected chi connectivity index (χ4v) is 1.78. The summed E-state index contributed by atoms with van der Waals surface area (Å²) >= 11 is 0. The van der Waals surface area contributed by atoms with Crippen LogP contribution in [0.2, 0.25) is 0 Å². The Hall–Kier alpha value is -0.710. The average Bonchev–Trinajstić information content (AvgIpc) is 2.32. The van der Waals surface area contributed by atoms with Gasteiger partial charge in [0.05, 0.1) is 25.1 Å². The van der Waals surface area contributed by atoms with Crippen LogP contribution in [-0.4, -0.2) is 29.2 Å². The molecular weight excluding hydrogens is 226 g/mol. The fraction of sp³-hybridized carbons (Fsp3) is 0.636. The Morgan fingerprint density at radius 2 is 2.31 bits per heavy atom. The lowest BCUT2D eigenvalue weighted by Gasteiger charge is -2.22. The third-order valence-corrected chi connectivity index (χ3v) is 2.60. The first kappa shape index (κ1) is 13.4. The second-order valence-electron chi connectivity index (χ2n) is 3.86. The van der Waals surface area contributed by atoms with Crippen molar-refractivity contribution < 1.29 is 4.74 Å². The summed E-state index contributed by atoms with van der Waals surface area (Å²) in [7, 11) is 0. The molecule has 1 atom stereocenters. The molecule has 0 radical (unpaired) electrons. The van der Waals surface area contributed by atoms with E-state index in [-0.39, 0.29) is 12.4 Å². The number of hydrogen-bond donors (Lipinski definition) is 1. The van der Waals surface area contributed by atoms with Crippen molar-refractivity contribution in [2.75, 3.05) is 13.2 Å². The molecule has 16 heavy (non-hydrogen) atoms. The number of piperidine rings is 1. The molecule has 0 spiro atoms. The molecule has 90 valence electrons. The van der Waals surface area contributed by atoms with Crippen LogP contribution >= 0.6 is 12.4 Å². The highest BCUT2D eigenvalue weighted by molar-refractivity contribution is 5.85. The lowest BCUT2D eigenvalue weighted by Crippen LogP contribution is -2.37. The van der Waals surface area contributed by atoms with Crippen LogP contribution in [0.15, 0.2) is 18.6 Å². The van der Waals surface area contributed by atoms with Crippen molar-refractivity contribution in [3.63, 3.8) is 0 Å². The standard InChI is InChI=1S/C11H17N3O.ClH/c1-2-4-13-10(3-1)8-15-9-11-7-12-5-6-14-11;/h5-7,10,13H,1-4,8-9H2;1H. The highest BCUT2D eigenvalue weighted by atomic mass is 35.5. The highest BCUT2D eigenvalue weighted by Crippen LogP contribution is 2.07. The van der Waals surface area contributed by atoms with E-state index in [2.05, 4.69) is 15.3 Å². The Kier molecular flexibility index (Phi) is 6.30.